The zero-order valence-corrected chi connectivity index (χ0v) is 14.5. The SMILES string of the molecule is CC(O/N=C/c1cccc([N+](=O)[O-])c1)C(=O)N1c2ccccc2CC1C. The van der Waals surface area contributed by atoms with Gasteiger partial charge in [0, 0.05) is 29.4 Å². The van der Waals surface area contributed by atoms with Crippen molar-refractivity contribution in [3.05, 3.63) is 69.8 Å². The molecule has 134 valence electrons. The highest BCUT2D eigenvalue weighted by atomic mass is 16.6. The third kappa shape index (κ3) is 3.56. The second-order valence-corrected chi connectivity index (χ2v) is 6.22. The minimum Gasteiger partial charge on any atom is -0.383 e. The van der Waals surface area contributed by atoms with E-state index in [1.165, 1.54) is 18.3 Å². The van der Waals surface area contributed by atoms with E-state index in [-0.39, 0.29) is 17.6 Å². The molecule has 0 bridgehead atoms. The number of nitro benzene ring substituents is 1. The molecular formula is C19H19N3O4. The van der Waals surface area contributed by atoms with Crippen LogP contribution in [0.1, 0.15) is 25.0 Å². The van der Waals surface area contributed by atoms with Gasteiger partial charge in [0.25, 0.3) is 11.6 Å². The molecule has 2 unspecified atom stereocenters. The Labute approximate surface area is 151 Å². The van der Waals surface area contributed by atoms with Crippen LogP contribution >= 0.6 is 0 Å². The van der Waals surface area contributed by atoms with Gasteiger partial charge < -0.3 is 9.74 Å². The predicted octanol–water partition coefficient (Wildman–Crippen LogP) is 3.31. The number of non-ortho nitro benzene ring substituents is 1. The van der Waals surface area contributed by atoms with E-state index in [1.54, 1.807) is 24.0 Å². The Bertz CT molecular complexity index is 865. The highest BCUT2D eigenvalue weighted by Gasteiger charge is 2.33. The monoisotopic (exact) mass is 353 g/mol. The van der Waals surface area contributed by atoms with Gasteiger partial charge in [-0.25, -0.2) is 0 Å². The summed E-state index contributed by atoms with van der Waals surface area (Å²) in [5.41, 5.74) is 2.54. The summed E-state index contributed by atoms with van der Waals surface area (Å²) >= 11 is 0. The van der Waals surface area contributed by atoms with Gasteiger partial charge in [-0.15, -0.1) is 0 Å². The normalized spacial score (nSPS) is 17.2. The third-order valence-corrected chi connectivity index (χ3v) is 4.29. The minimum absolute atomic E-state index is 0.0272. The van der Waals surface area contributed by atoms with Crippen molar-refractivity contribution in [3.8, 4) is 0 Å². The summed E-state index contributed by atoms with van der Waals surface area (Å²) < 4.78 is 0. The van der Waals surface area contributed by atoms with Crippen LogP contribution in [-0.4, -0.2) is 29.2 Å². The number of benzene rings is 2. The maximum Gasteiger partial charge on any atom is 0.270 e. The van der Waals surface area contributed by atoms with Crippen molar-refractivity contribution in [2.45, 2.75) is 32.4 Å². The van der Waals surface area contributed by atoms with E-state index >= 15 is 0 Å². The Kier molecular flexibility index (Phi) is 4.97. The lowest BCUT2D eigenvalue weighted by Crippen LogP contribution is -2.42. The van der Waals surface area contributed by atoms with Crippen LogP contribution in [0.15, 0.2) is 53.7 Å². The molecule has 2 aromatic carbocycles. The molecule has 1 aliphatic rings. The zero-order chi connectivity index (χ0) is 18.7. The fourth-order valence-corrected chi connectivity index (χ4v) is 3.04. The van der Waals surface area contributed by atoms with E-state index in [0.717, 1.165) is 17.7 Å². The average Bonchev–Trinajstić information content (AvgIpc) is 2.97. The fraction of sp³-hybridized carbons (Fsp3) is 0.263. The van der Waals surface area contributed by atoms with Crippen LogP contribution in [0.5, 0.6) is 0 Å². The molecule has 1 amide bonds. The molecule has 0 radical (unpaired) electrons. The van der Waals surface area contributed by atoms with Crippen molar-refractivity contribution in [1.82, 2.24) is 0 Å². The molecule has 3 rings (SSSR count). The Balaban J connectivity index is 1.67. The molecule has 0 aromatic heterocycles. The van der Waals surface area contributed by atoms with Crippen molar-refractivity contribution in [2.75, 3.05) is 4.90 Å². The van der Waals surface area contributed by atoms with Crippen LogP contribution in [-0.2, 0) is 16.1 Å². The molecule has 2 atom stereocenters. The average molecular weight is 353 g/mol. The van der Waals surface area contributed by atoms with Crippen LogP contribution in [0.3, 0.4) is 0 Å². The van der Waals surface area contributed by atoms with Crippen LogP contribution < -0.4 is 4.90 Å². The van der Waals surface area contributed by atoms with Crippen molar-refractivity contribution < 1.29 is 14.6 Å². The fourth-order valence-electron chi connectivity index (χ4n) is 3.04. The number of anilines is 1. The number of carbonyl (C=O) groups is 1. The van der Waals surface area contributed by atoms with E-state index in [2.05, 4.69) is 5.16 Å². The first-order chi connectivity index (χ1) is 12.5. The van der Waals surface area contributed by atoms with Gasteiger partial charge in [0.15, 0.2) is 0 Å². The molecule has 7 nitrogen and oxygen atoms in total. The molecule has 0 saturated heterocycles. The van der Waals surface area contributed by atoms with Crippen LogP contribution in [0.4, 0.5) is 11.4 Å². The Morgan fingerprint density at radius 2 is 2.12 bits per heavy atom. The largest absolute Gasteiger partial charge is 0.383 e. The van der Waals surface area contributed by atoms with Gasteiger partial charge in [-0.3, -0.25) is 14.9 Å². The molecule has 7 heteroatoms. The quantitative estimate of drug-likeness (QED) is 0.469. The first kappa shape index (κ1) is 17.6. The van der Waals surface area contributed by atoms with E-state index in [4.69, 9.17) is 4.84 Å². The first-order valence-electron chi connectivity index (χ1n) is 8.32. The van der Waals surface area contributed by atoms with Gasteiger partial charge in [-0.2, -0.15) is 0 Å². The Morgan fingerprint density at radius 1 is 1.35 bits per heavy atom. The number of hydrogen-bond acceptors (Lipinski definition) is 5. The van der Waals surface area contributed by atoms with Crippen molar-refractivity contribution in [2.24, 2.45) is 5.16 Å². The maximum absolute atomic E-state index is 12.7. The number of rotatable bonds is 5. The van der Waals surface area contributed by atoms with Gasteiger partial charge >= 0.3 is 0 Å². The van der Waals surface area contributed by atoms with Crippen LogP contribution in [0, 0.1) is 10.1 Å². The van der Waals surface area contributed by atoms with Gasteiger partial charge in [0.1, 0.15) is 0 Å². The summed E-state index contributed by atoms with van der Waals surface area (Å²) in [6.45, 7) is 3.64. The second kappa shape index (κ2) is 7.35. The zero-order valence-electron chi connectivity index (χ0n) is 14.5. The lowest BCUT2D eigenvalue weighted by Gasteiger charge is -2.24. The molecule has 0 fully saturated rings. The summed E-state index contributed by atoms with van der Waals surface area (Å²) in [6, 6.07) is 13.9. The first-order valence-corrected chi connectivity index (χ1v) is 8.32. The van der Waals surface area contributed by atoms with Crippen LogP contribution in [0.2, 0.25) is 0 Å². The maximum atomic E-state index is 12.7. The number of carbonyl (C=O) groups excluding carboxylic acids is 1. The van der Waals surface area contributed by atoms with Crippen molar-refractivity contribution in [1.29, 1.82) is 0 Å². The van der Waals surface area contributed by atoms with Crippen molar-refractivity contribution >= 4 is 23.5 Å². The summed E-state index contributed by atoms with van der Waals surface area (Å²) in [7, 11) is 0. The molecule has 1 heterocycles. The van der Waals surface area contributed by atoms with E-state index in [9.17, 15) is 14.9 Å². The number of fused-ring (bicyclic) bond motifs is 1. The molecule has 0 spiro atoms. The standard InChI is InChI=1S/C19H19N3O4/c1-13-10-16-7-3-4-9-18(16)21(13)19(23)14(2)26-20-12-15-6-5-8-17(11-15)22(24)25/h3-9,11-14H,10H2,1-2H3/b20-12+. The number of nitrogens with zero attached hydrogens (tertiary/aromatic N) is 3. The molecular weight excluding hydrogens is 334 g/mol. The lowest BCUT2D eigenvalue weighted by atomic mass is 10.1. The lowest BCUT2D eigenvalue weighted by molar-refractivity contribution is -0.384. The smallest absolute Gasteiger partial charge is 0.270 e. The molecule has 2 aromatic rings. The molecule has 0 N–H and O–H groups in total. The van der Waals surface area contributed by atoms with Gasteiger partial charge in [-0.1, -0.05) is 35.5 Å². The van der Waals surface area contributed by atoms with Gasteiger partial charge in [0.05, 0.1) is 11.1 Å². The number of oxime groups is 1. The third-order valence-electron chi connectivity index (χ3n) is 4.29. The van der Waals surface area contributed by atoms with E-state index in [0.29, 0.717) is 5.56 Å². The topological polar surface area (TPSA) is 85.0 Å². The van der Waals surface area contributed by atoms with Gasteiger partial charge in [-0.05, 0) is 31.9 Å². The minimum atomic E-state index is -0.765. The molecule has 26 heavy (non-hydrogen) atoms. The Morgan fingerprint density at radius 3 is 2.88 bits per heavy atom. The van der Waals surface area contributed by atoms with Crippen molar-refractivity contribution in [3.63, 3.8) is 0 Å². The molecule has 0 saturated carbocycles. The summed E-state index contributed by atoms with van der Waals surface area (Å²) in [5.74, 6) is -0.168. The Hall–Kier alpha value is -3.22. The second-order valence-electron chi connectivity index (χ2n) is 6.22. The molecule has 1 aliphatic heterocycles. The predicted molar refractivity (Wildman–Crippen MR) is 98.3 cm³/mol. The summed E-state index contributed by atoms with van der Waals surface area (Å²) in [6.07, 6.45) is 1.41. The summed E-state index contributed by atoms with van der Waals surface area (Å²) in [4.78, 5) is 30.1. The highest BCUT2D eigenvalue weighted by molar-refractivity contribution is 5.98. The van der Waals surface area contributed by atoms with E-state index < -0.39 is 11.0 Å². The van der Waals surface area contributed by atoms with Gasteiger partial charge in [0.2, 0.25) is 6.10 Å². The number of hydrogen-bond donors (Lipinski definition) is 0. The highest BCUT2D eigenvalue weighted by Crippen LogP contribution is 2.32. The number of para-hydroxylation sites is 1. The number of nitro groups is 1. The number of amides is 1. The van der Waals surface area contributed by atoms with Crippen LogP contribution in [0.25, 0.3) is 0 Å². The molecule has 0 aliphatic carbocycles. The summed E-state index contributed by atoms with van der Waals surface area (Å²) in [5, 5.41) is 14.6. The van der Waals surface area contributed by atoms with E-state index in [1.807, 2.05) is 31.2 Å².